The average Bonchev–Trinajstić information content (AvgIpc) is 2.31. The smallest absolute Gasteiger partial charge is 0.305 e. The summed E-state index contributed by atoms with van der Waals surface area (Å²) in [4.78, 5) is 9.89. The van der Waals surface area contributed by atoms with E-state index in [1.165, 1.54) is 12.1 Å². The number of halogens is 1. The summed E-state index contributed by atoms with van der Waals surface area (Å²) < 4.78 is 13.8. The topological polar surface area (TPSA) is 55.2 Å². The van der Waals surface area contributed by atoms with E-state index in [2.05, 4.69) is 19.2 Å². The van der Waals surface area contributed by atoms with E-state index in [4.69, 9.17) is 0 Å². The number of nitrogens with one attached hydrogen (secondary N) is 1. The normalized spacial score (nSPS) is 11.6. The van der Waals surface area contributed by atoms with E-state index in [1.807, 2.05) is 6.26 Å². The van der Waals surface area contributed by atoms with E-state index in [9.17, 15) is 14.5 Å². The van der Waals surface area contributed by atoms with E-state index >= 15 is 0 Å². The van der Waals surface area contributed by atoms with Crippen LogP contribution in [0.2, 0.25) is 0 Å². The number of hydrogen-bond donors (Lipinski definition) is 1. The van der Waals surface area contributed by atoms with Gasteiger partial charge in [-0.05, 0) is 20.1 Å². The van der Waals surface area contributed by atoms with Crippen molar-refractivity contribution in [3.8, 4) is 0 Å². The summed E-state index contributed by atoms with van der Waals surface area (Å²) in [6, 6.07) is 4.23. The fraction of sp³-hybridized carbons (Fsp3) is 0.500. The molecule has 0 unspecified atom stereocenters. The molecule has 0 heterocycles. The summed E-state index contributed by atoms with van der Waals surface area (Å²) >= 11 is 1.71. The lowest BCUT2D eigenvalue weighted by atomic mass is 10.1. The highest BCUT2D eigenvalue weighted by atomic mass is 32.2. The third kappa shape index (κ3) is 3.96. The zero-order valence-corrected chi connectivity index (χ0v) is 11.5. The minimum atomic E-state index is -0.753. The lowest BCUT2D eigenvalue weighted by molar-refractivity contribution is -0.387. The number of nitrogens with zero attached hydrogens (tertiary/aromatic N) is 1. The molecule has 4 nitrogen and oxygen atoms in total. The molecule has 0 amide bonds. The van der Waals surface area contributed by atoms with Crippen LogP contribution in [0.25, 0.3) is 0 Å². The van der Waals surface area contributed by atoms with Crippen molar-refractivity contribution in [1.29, 1.82) is 0 Å². The zero-order valence-electron chi connectivity index (χ0n) is 10.7. The molecule has 1 aromatic carbocycles. The molecular weight excluding hydrogens is 255 g/mol. The number of thioether (sulfide) groups is 1. The maximum absolute atomic E-state index is 13.7. The fourth-order valence-corrected chi connectivity index (χ4v) is 1.66. The molecule has 0 aliphatic heterocycles. The zero-order chi connectivity index (χ0) is 13.8. The van der Waals surface area contributed by atoms with Gasteiger partial charge in [-0.25, -0.2) is 0 Å². The van der Waals surface area contributed by atoms with Gasteiger partial charge >= 0.3 is 5.69 Å². The highest BCUT2D eigenvalue weighted by molar-refractivity contribution is 7.99. The first kappa shape index (κ1) is 14.9. The van der Waals surface area contributed by atoms with Gasteiger partial charge in [-0.15, -0.1) is 0 Å². The van der Waals surface area contributed by atoms with Gasteiger partial charge in [0.05, 0.1) is 4.92 Å². The number of hydrogen-bond acceptors (Lipinski definition) is 4. The third-order valence-electron chi connectivity index (χ3n) is 2.67. The molecule has 0 spiro atoms. The summed E-state index contributed by atoms with van der Waals surface area (Å²) in [7, 11) is 0. The Labute approximate surface area is 110 Å². The number of rotatable bonds is 6. The van der Waals surface area contributed by atoms with Gasteiger partial charge in [-0.1, -0.05) is 12.1 Å². The molecule has 1 aromatic rings. The molecule has 0 aliphatic rings. The van der Waals surface area contributed by atoms with E-state index in [1.54, 1.807) is 17.8 Å². The molecule has 0 radical (unpaired) electrons. The molecule has 18 heavy (non-hydrogen) atoms. The summed E-state index contributed by atoms with van der Waals surface area (Å²) in [5, 5.41) is 13.7. The van der Waals surface area contributed by atoms with Crippen LogP contribution in [0.4, 0.5) is 10.1 Å². The Hall–Kier alpha value is -1.14. The SMILES string of the molecule is CSC(C)(C)CNCc1cccc([N+](=O)[O-])c1F. The molecule has 1 rings (SSSR count). The van der Waals surface area contributed by atoms with Crippen LogP contribution in [-0.4, -0.2) is 22.5 Å². The van der Waals surface area contributed by atoms with Crippen LogP contribution in [0.3, 0.4) is 0 Å². The van der Waals surface area contributed by atoms with Crippen LogP contribution in [0, 0.1) is 15.9 Å². The molecule has 100 valence electrons. The fourth-order valence-electron chi connectivity index (χ4n) is 1.41. The third-order valence-corrected chi connectivity index (χ3v) is 3.92. The van der Waals surface area contributed by atoms with Crippen LogP contribution in [-0.2, 0) is 6.54 Å². The van der Waals surface area contributed by atoms with Gasteiger partial charge in [-0.3, -0.25) is 10.1 Å². The maximum Gasteiger partial charge on any atom is 0.305 e. The predicted molar refractivity (Wildman–Crippen MR) is 72.4 cm³/mol. The van der Waals surface area contributed by atoms with E-state index in [-0.39, 0.29) is 11.3 Å². The standard InChI is InChI=1S/C12H17FN2O2S/c1-12(2,18-3)8-14-7-9-5-4-6-10(11(9)13)15(16)17/h4-6,14H,7-8H2,1-3H3. The second-order valence-electron chi connectivity index (χ2n) is 4.57. The van der Waals surface area contributed by atoms with Crippen molar-refractivity contribution >= 4 is 17.4 Å². The molecule has 0 saturated heterocycles. The van der Waals surface area contributed by atoms with Gasteiger partial charge in [0, 0.05) is 29.5 Å². The Morgan fingerprint density at radius 3 is 2.72 bits per heavy atom. The monoisotopic (exact) mass is 272 g/mol. The summed E-state index contributed by atoms with van der Waals surface area (Å²) in [5.41, 5.74) is -0.153. The molecule has 0 aromatic heterocycles. The Balaban J connectivity index is 2.69. The summed E-state index contributed by atoms with van der Waals surface area (Å²) in [6.45, 7) is 5.15. The van der Waals surface area contributed by atoms with Crippen LogP contribution >= 0.6 is 11.8 Å². The Morgan fingerprint density at radius 2 is 2.17 bits per heavy atom. The predicted octanol–water partition coefficient (Wildman–Crippen LogP) is 2.97. The first-order chi connectivity index (χ1) is 8.37. The summed E-state index contributed by atoms with van der Waals surface area (Å²) in [6.07, 6.45) is 2.01. The van der Waals surface area contributed by atoms with Gasteiger partial charge in [0.25, 0.3) is 0 Å². The quantitative estimate of drug-likeness (QED) is 0.639. The Morgan fingerprint density at radius 1 is 1.50 bits per heavy atom. The number of nitro groups is 1. The number of nitro benzene ring substituents is 1. The lowest BCUT2D eigenvalue weighted by Gasteiger charge is -2.22. The van der Waals surface area contributed by atoms with Crippen molar-refractivity contribution in [3.63, 3.8) is 0 Å². The van der Waals surface area contributed by atoms with Crippen LogP contribution in [0.5, 0.6) is 0 Å². The molecule has 1 N–H and O–H groups in total. The molecule has 0 aliphatic carbocycles. The second-order valence-corrected chi connectivity index (χ2v) is 6.09. The highest BCUT2D eigenvalue weighted by Crippen LogP contribution is 2.22. The van der Waals surface area contributed by atoms with E-state index in [0.717, 1.165) is 0 Å². The lowest BCUT2D eigenvalue weighted by Crippen LogP contribution is -2.31. The van der Waals surface area contributed by atoms with Crippen molar-refractivity contribution < 1.29 is 9.31 Å². The first-order valence-corrected chi connectivity index (χ1v) is 6.77. The van der Waals surface area contributed by atoms with Crippen LogP contribution < -0.4 is 5.32 Å². The molecular formula is C12H17FN2O2S. The van der Waals surface area contributed by atoms with Crippen LogP contribution in [0.1, 0.15) is 19.4 Å². The number of benzene rings is 1. The van der Waals surface area contributed by atoms with E-state index in [0.29, 0.717) is 12.1 Å². The van der Waals surface area contributed by atoms with Gasteiger partial charge in [0.1, 0.15) is 0 Å². The first-order valence-electron chi connectivity index (χ1n) is 5.55. The Bertz CT molecular complexity index is 438. The molecule has 0 atom stereocenters. The minimum absolute atomic E-state index is 0.0528. The van der Waals surface area contributed by atoms with Crippen molar-refractivity contribution in [3.05, 3.63) is 39.7 Å². The van der Waals surface area contributed by atoms with Crippen LogP contribution in [0.15, 0.2) is 18.2 Å². The maximum atomic E-state index is 13.7. The van der Waals surface area contributed by atoms with E-state index < -0.39 is 16.4 Å². The molecule has 0 saturated carbocycles. The van der Waals surface area contributed by atoms with Gasteiger partial charge < -0.3 is 5.32 Å². The van der Waals surface area contributed by atoms with Gasteiger partial charge in [-0.2, -0.15) is 16.2 Å². The second kappa shape index (κ2) is 6.15. The van der Waals surface area contributed by atoms with Gasteiger partial charge in [0.2, 0.25) is 5.82 Å². The molecule has 6 heteroatoms. The average molecular weight is 272 g/mol. The molecule has 0 fully saturated rings. The largest absolute Gasteiger partial charge is 0.311 e. The van der Waals surface area contributed by atoms with Crippen molar-refractivity contribution in [2.24, 2.45) is 0 Å². The van der Waals surface area contributed by atoms with Gasteiger partial charge in [0.15, 0.2) is 0 Å². The Kier molecular flexibility index (Phi) is 5.10. The van der Waals surface area contributed by atoms with Crippen molar-refractivity contribution in [1.82, 2.24) is 5.32 Å². The molecule has 0 bridgehead atoms. The van der Waals surface area contributed by atoms with Crippen molar-refractivity contribution in [2.75, 3.05) is 12.8 Å². The van der Waals surface area contributed by atoms with Crippen molar-refractivity contribution in [2.45, 2.75) is 25.1 Å². The highest BCUT2D eigenvalue weighted by Gasteiger charge is 2.18. The minimum Gasteiger partial charge on any atom is -0.311 e. The summed E-state index contributed by atoms with van der Waals surface area (Å²) in [5.74, 6) is -0.753.